The van der Waals surface area contributed by atoms with Crippen molar-refractivity contribution >= 4 is 29.5 Å². The number of ether oxygens (including phenoxy) is 1. The smallest absolute Gasteiger partial charge is 0.481 e. The molecule has 0 spiro atoms. The van der Waals surface area contributed by atoms with Crippen LogP contribution in [0.3, 0.4) is 0 Å². The maximum absolute atomic E-state index is 13.7. The zero-order valence-corrected chi connectivity index (χ0v) is 24.2. The Balaban J connectivity index is 0.000000748. The molecule has 0 radical (unpaired) electrons. The number of thioether (sulfide) groups is 1. The Morgan fingerprint density at radius 1 is 1.19 bits per heavy atom. The first kappa shape index (κ1) is 31.9. The summed E-state index contributed by atoms with van der Waals surface area (Å²) in [5.74, 6) is -1.54. The molecule has 14 heteroatoms. The lowest BCUT2D eigenvalue weighted by molar-refractivity contribution is -0.275. The van der Waals surface area contributed by atoms with Crippen LogP contribution >= 0.6 is 11.8 Å². The highest BCUT2D eigenvalue weighted by Crippen LogP contribution is 2.41. The fourth-order valence-corrected chi connectivity index (χ4v) is 6.72. The number of piperidine rings is 1. The number of para-hydroxylation sites is 1. The highest BCUT2D eigenvalue weighted by Gasteiger charge is 2.50. The fraction of sp³-hybridized carbons (Fsp3) is 0.643. The van der Waals surface area contributed by atoms with Crippen molar-refractivity contribution in [1.29, 1.82) is 5.26 Å². The Kier molecular flexibility index (Phi) is 10.3. The van der Waals surface area contributed by atoms with Gasteiger partial charge in [-0.1, -0.05) is 19.1 Å². The number of carbonyl (C=O) groups is 3. The number of nitrogens with one attached hydrogen (secondary N) is 2. The molecule has 1 saturated carbocycles. The van der Waals surface area contributed by atoms with Gasteiger partial charge in [0.2, 0.25) is 11.8 Å². The van der Waals surface area contributed by atoms with E-state index in [0.717, 1.165) is 38.9 Å². The predicted molar refractivity (Wildman–Crippen MR) is 148 cm³/mol. The molecule has 1 unspecified atom stereocenters. The van der Waals surface area contributed by atoms with Crippen LogP contribution in [0.25, 0.3) is 0 Å². The summed E-state index contributed by atoms with van der Waals surface area (Å²) in [7, 11) is 0. The molecule has 5 rings (SSSR count). The third-order valence-electron chi connectivity index (χ3n) is 7.97. The summed E-state index contributed by atoms with van der Waals surface area (Å²) in [5.41, 5.74) is -0.873. The molecule has 3 N–H and O–H groups in total. The van der Waals surface area contributed by atoms with E-state index in [1.807, 2.05) is 0 Å². The normalized spacial score (nSPS) is 25.3. The first-order chi connectivity index (χ1) is 19.9. The molecule has 4 fully saturated rings. The van der Waals surface area contributed by atoms with Gasteiger partial charge in [-0.25, -0.2) is 0 Å². The van der Waals surface area contributed by atoms with Crippen LogP contribution in [0.1, 0.15) is 51.9 Å². The lowest BCUT2D eigenvalue weighted by Gasteiger charge is -2.48. The van der Waals surface area contributed by atoms with Crippen LogP contribution in [-0.4, -0.2) is 94.1 Å². The quantitative estimate of drug-likeness (QED) is 0.405. The molecule has 3 saturated heterocycles. The van der Waals surface area contributed by atoms with Gasteiger partial charge < -0.3 is 25.4 Å². The van der Waals surface area contributed by atoms with Gasteiger partial charge in [0.15, 0.2) is 0 Å². The van der Waals surface area contributed by atoms with Crippen molar-refractivity contribution in [3.8, 4) is 11.8 Å². The summed E-state index contributed by atoms with van der Waals surface area (Å²) in [6, 6.07) is 7.30. The van der Waals surface area contributed by atoms with E-state index >= 15 is 0 Å². The molecule has 0 bridgehead atoms. The van der Waals surface area contributed by atoms with Crippen molar-refractivity contribution in [2.75, 3.05) is 26.2 Å². The third-order valence-corrected chi connectivity index (χ3v) is 9.24. The lowest BCUT2D eigenvalue weighted by Crippen LogP contribution is -2.63. The number of likely N-dealkylation sites (tertiary alicyclic amines) is 2. The first-order valence-corrected chi connectivity index (χ1v) is 15.1. The first-order valence-electron chi connectivity index (χ1n) is 14.2. The minimum absolute atomic E-state index is 0.116. The maximum Gasteiger partial charge on any atom is 0.573 e. The van der Waals surface area contributed by atoms with Crippen LogP contribution in [-0.2, 0) is 14.4 Å². The second-order valence-electron chi connectivity index (χ2n) is 10.9. The largest absolute Gasteiger partial charge is 0.573 e. The van der Waals surface area contributed by atoms with Gasteiger partial charge >= 0.3 is 12.3 Å². The van der Waals surface area contributed by atoms with Crippen LogP contribution in [0.4, 0.5) is 13.2 Å². The van der Waals surface area contributed by atoms with Crippen molar-refractivity contribution in [2.45, 2.75) is 92.0 Å². The number of benzene rings is 1. The highest BCUT2D eigenvalue weighted by atomic mass is 32.2. The number of aliphatic carboxylic acids is 1. The Bertz CT molecular complexity index is 1190. The summed E-state index contributed by atoms with van der Waals surface area (Å²) < 4.78 is 43.0. The van der Waals surface area contributed by atoms with Gasteiger partial charge in [-0.15, -0.1) is 24.9 Å². The number of nitriles is 1. The number of hydrogen-bond donors (Lipinski definition) is 3. The van der Waals surface area contributed by atoms with Gasteiger partial charge in [-0.3, -0.25) is 19.3 Å². The number of carboxylic acids is 1. The van der Waals surface area contributed by atoms with E-state index in [2.05, 4.69) is 26.3 Å². The van der Waals surface area contributed by atoms with E-state index in [0.29, 0.717) is 23.8 Å². The van der Waals surface area contributed by atoms with Crippen LogP contribution in [0.5, 0.6) is 5.75 Å². The molecular weight excluding hydrogens is 575 g/mol. The average molecular weight is 612 g/mol. The summed E-state index contributed by atoms with van der Waals surface area (Å²) >= 11 is 1.18. The number of amides is 2. The molecule has 0 aromatic heterocycles. The zero-order chi connectivity index (χ0) is 30.5. The molecule has 4 aliphatic rings. The van der Waals surface area contributed by atoms with Gasteiger partial charge in [-0.05, 0) is 63.7 Å². The number of nitrogens with zero attached hydrogens (tertiary/aromatic N) is 3. The van der Waals surface area contributed by atoms with E-state index in [1.54, 1.807) is 24.0 Å². The van der Waals surface area contributed by atoms with E-state index in [4.69, 9.17) is 5.11 Å². The van der Waals surface area contributed by atoms with Gasteiger partial charge in [-0.2, -0.15) is 5.26 Å². The Labute approximate surface area is 246 Å². The summed E-state index contributed by atoms with van der Waals surface area (Å²) in [6.45, 7) is 4.49. The number of carbonyl (C=O) groups excluding carboxylic acids is 2. The molecule has 42 heavy (non-hydrogen) atoms. The summed E-state index contributed by atoms with van der Waals surface area (Å²) in [6.07, 6.45) is -0.528. The molecular formula is C28H36F3N5O5S. The molecule has 3 heterocycles. The molecule has 3 aliphatic heterocycles. The van der Waals surface area contributed by atoms with Crippen LogP contribution in [0.15, 0.2) is 29.2 Å². The van der Waals surface area contributed by atoms with Crippen molar-refractivity contribution in [3.05, 3.63) is 24.3 Å². The van der Waals surface area contributed by atoms with Crippen molar-refractivity contribution < 1.29 is 37.4 Å². The average Bonchev–Trinajstić information content (AvgIpc) is 3.57. The molecule has 2 amide bonds. The van der Waals surface area contributed by atoms with Crippen molar-refractivity contribution in [1.82, 2.24) is 20.4 Å². The molecule has 230 valence electrons. The standard InChI is InChI=1S/C25H30F3N5O3S.C3H6O2/c26-25(27,28)36-20-3-1-2-4-21(20)37-17-13-19(22(34)31-24(15-29)8-9-24)33(14-17)23(35)18-7-12-32(18)16-5-10-30-11-6-16;1-2-3(4)5/h1-4,16-19,30H,5-14H2,(H,31,34);2H2,1H3,(H,4,5)/t17-,18?,19+;/m1./s1. The molecule has 1 aliphatic carbocycles. The molecule has 10 nitrogen and oxygen atoms in total. The van der Waals surface area contributed by atoms with Gasteiger partial charge in [0.1, 0.15) is 17.3 Å². The van der Waals surface area contributed by atoms with Gasteiger partial charge in [0.25, 0.3) is 0 Å². The van der Waals surface area contributed by atoms with Crippen molar-refractivity contribution in [2.24, 2.45) is 0 Å². The maximum atomic E-state index is 13.7. The van der Waals surface area contributed by atoms with Crippen LogP contribution in [0.2, 0.25) is 0 Å². The number of halogens is 3. The molecule has 1 aromatic rings. The SMILES string of the molecule is CCC(=O)O.N#CC1(NC(=O)[C@@H]2C[C@@H](Sc3ccccc3OC(F)(F)F)CN2C(=O)C2CCN2C2CCNCC2)CC1. The number of alkyl halides is 3. The molecule has 1 aromatic carbocycles. The number of hydrogen-bond acceptors (Lipinski definition) is 8. The second-order valence-corrected chi connectivity index (χ2v) is 12.3. The zero-order valence-electron chi connectivity index (χ0n) is 23.4. The molecule has 3 atom stereocenters. The Morgan fingerprint density at radius 2 is 1.86 bits per heavy atom. The predicted octanol–water partition coefficient (Wildman–Crippen LogP) is 3.13. The van der Waals surface area contributed by atoms with Crippen LogP contribution in [0, 0.1) is 11.3 Å². The van der Waals surface area contributed by atoms with E-state index < -0.39 is 23.9 Å². The van der Waals surface area contributed by atoms with E-state index in [-0.39, 0.29) is 48.2 Å². The minimum Gasteiger partial charge on any atom is -0.481 e. The van der Waals surface area contributed by atoms with E-state index in [1.165, 1.54) is 23.9 Å². The lowest BCUT2D eigenvalue weighted by atomic mass is 9.93. The Hall–Kier alpha value is -3.02. The topological polar surface area (TPSA) is 135 Å². The highest BCUT2D eigenvalue weighted by molar-refractivity contribution is 8.00. The monoisotopic (exact) mass is 611 g/mol. The van der Waals surface area contributed by atoms with Crippen molar-refractivity contribution in [3.63, 3.8) is 0 Å². The fourth-order valence-electron chi connectivity index (χ4n) is 5.46. The minimum atomic E-state index is -4.82. The van der Waals surface area contributed by atoms with Crippen LogP contribution < -0.4 is 15.4 Å². The summed E-state index contributed by atoms with van der Waals surface area (Å²) in [5, 5.41) is 23.0. The van der Waals surface area contributed by atoms with Gasteiger partial charge in [0.05, 0.1) is 17.0 Å². The van der Waals surface area contributed by atoms with Gasteiger partial charge in [0, 0.05) is 30.8 Å². The summed E-state index contributed by atoms with van der Waals surface area (Å²) in [4.78, 5) is 40.5. The Morgan fingerprint density at radius 3 is 2.40 bits per heavy atom. The second kappa shape index (κ2) is 13.5. The third kappa shape index (κ3) is 8.08. The number of carboxylic acid groups (broad SMARTS) is 1. The van der Waals surface area contributed by atoms with E-state index in [9.17, 15) is 32.8 Å². The number of rotatable bonds is 8.